The second-order valence-electron chi connectivity index (χ2n) is 4.85. The lowest BCUT2D eigenvalue weighted by Gasteiger charge is -2.22. The number of rotatable bonds is 5. The Bertz CT molecular complexity index is 503. The summed E-state index contributed by atoms with van der Waals surface area (Å²) < 4.78 is 2.29. The zero-order valence-electron chi connectivity index (χ0n) is 11.0. The Morgan fingerprint density at radius 2 is 1.84 bits per heavy atom. The van der Waals surface area contributed by atoms with Crippen molar-refractivity contribution in [1.29, 1.82) is 0 Å². The Labute approximate surface area is 135 Å². The van der Waals surface area contributed by atoms with E-state index in [0.717, 1.165) is 14.8 Å². The van der Waals surface area contributed by atoms with E-state index >= 15 is 0 Å². The lowest BCUT2D eigenvalue weighted by atomic mass is 9.96. The minimum Gasteiger partial charge on any atom is -0.305 e. The average Bonchev–Trinajstić information content (AvgIpc) is 2.70. The van der Waals surface area contributed by atoms with E-state index in [9.17, 15) is 0 Å². The topological polar surface area (TPSA) is 12.0 Å². The Morgan fingerprint density at radius 3 is 2.37 bits per heavy atom. The van der Waals surface area contributed by atoms with Crippen LogP contribution in [0.2, 0.25) is 0 Å². The summed E-state index contributed by atoms with van der Waals surface area (Å²) in [6, 6.07) is 13.2. The van der Waals surface area contributed by atoms with Gasteiger partial charge in [-0.25, -0.2) is 0 Å². The van der Waals surface area contributed by atoms with Crippen LogP contribution in [0.5, 0.6) is 0 Å². The Hall–Kier alpha value is -0.160. The molecule has 2 aromatic rings. The molecular formula is C15H17Br2NS. The smallest absolute Gasteiger partial charge is 0.0843 e. The lowest BCUT2D eigenvalue weighted by Crippen LogP contribution is -2.24. The summed E-state index contributed by atoms with van der Waals surface area (Å²) in [4.78, 5) is 1.33. The summed E-state index contributed by atoms with van der Waals surface area (Å²) in [6.07, 6.45) is 0. The Balaban J connectivity index is 2.06. The molecule has 0 aliphatic rings. The minimum atomic E-state index is 0.390. The number of benzene rings is 1. The number of hydrogen-bond acceptors (Lipinski definition) is 2. The molecule has 0 saturated heterocycles. The molecule has 1 atom stereocenters. The van der Waals surface area contributed by atoms with E-state index < -0.39 is 0 Å². The van der Waals surface area contributed by atoms with Crippen LogP contribution in [0.4, 0.5) is 0 Å². The molecular weight excluding hydrogens is 386 g/mol. The molecule has 4 heteroatoms. The second kappa shape index (κ2) is 7.02. The summed E-state index contributed by atoms with van der Waals surface area (Å²) in [5, 5.41) is 3.66. The predicted molar refractivity (Wildman–Crippen MR) is 90.6 cm³/mol. The average molecular weight is 403 g/mol. The monoisotopic (exact) mass is 401 g/mol. The van der Waals surface area contributed by atoms with Gasteiger partial charge in [0, 0.05) is 21.9 Å². The summed E-state index contributed by atoms with van der Waals surface area (Å²) >= 11 is 8.84. The molecule has 1 N–H and O–H groups in total. The summed E-state index contributed by atoms with van der Waals surface area (Å²) in [7, 11) is 0. The lowest BCUT2D eigenvalue weighted by molar-refractivity contribution is 0.412. The molecule has 2 rings (SSSR count). The number of nitrogens with one attached hydrogen (secondary N) is 1. The molecule has 1 heterocycles. The van der Waals surface area contributed by atoms with Crippen LogP contribution < -0.4 is 5.32 Å². The first-order chi connectivity index (χ1) is 9.08. The van der Waals surface area contributed by atoms with Crippen LogP contribution in [0.25, 0.3) is 0 Å². The van der Waals surface area contributed by atoms with Crippen LogP contribution in [-0.2, 0) is 6.54 Å². The zero-order valence-corrected chi connectivity index (χ0v) is 15.0. The number of halogens is 2. The van der Waals surface area contributed by atoms with Gasteiger partial charge in [-0.2, -0.15) is 0 Å². The third kappa shape index (κ3) is 4.15. The van der Waals surface area contributed by atoms with Gasteiger partial charge in [0.1, 0.15) is 0 Å². The Morgan fingerprint density at radius 1 is 1.16 bits per heavy atom. The molecule has 0 spiro atoms. The zero-order chi connectivity index (χ0) is 13.8. The number of thiophene rings is 1. The van der Waals surface area contributed by atoms with Gasteiger partial charge < -0.3 is 5.32 Å². The second-order valence-corrected chi connectivity index (χ2v) is 8.16. The number of hydrogen-bond donors (Lipinski definition) is 1. The van der Waals surface area contributed by atoms with Crippen molar-refractivity contribution in [1.82, 2.24) is 5.32 Å². The van der Waals surface area contributed by atoms with Crippen LogP contribution in [-0.4, -0.2) is 0 Å². The van der Waals surface area contributed by atoms with Gasteiger partial charge in [-0.05, 0) is 49.4 Å². The molecule has 0 bridgehead atoms. The van der Waals surface area contributed by atoms with E-state index in [0.29, 0.717) is 12.0 Å². The highest BCUT2D eigenvalue weighted by Crippen LogP contribution is 2.33. The van der Waals surface area contributed by atoms with Crippen LogP contribution in [0.1, 0.15) is 30.3 Å². The van der Waals surface area contributed by atoms with Gasteiger partial charge in [0.25, 0.3) is 0 Å². The van der Waals surface area contributed by atoms with E-state index in [2.05, 4.69) is 87.4 Å². The molecule has 0 radical (unpaired) electrons. The molecule has 1 aromatic heterocycles. The molecule has 0 fully saturated rings. The maximum Gasteiger partial charge on any atom is 0.0843 e. The van der Waals surface area contributed by atoms with Crippen molar-refractivity contribution in [2.45, 2.75) is 26.4 Å². The van der Waals surface area contributed by atoms with E-state index in [4.69, 9.17) is 0 Å². The van der Waals surface area contributed by atoms with Gasteiger partial charge in [-0.3, -0.25) is 0 Å². The van der Waals surface area contributed by atoms with Crippen LogP contribution >= 0.6 is 43.2 Å². The fourth-order valence-electron chi connectivity index (χ4n) is 2.09. The van der Waals surface area contributed by atoms with Crippen LogP contribution in [0.15, 0.2) is 44.7 Å². The van der Waals surface area contributed by atoms with Gasteiger partial charge in [0.05, 0.1) is 3.79 Å². The highest BCUT2D eigenvalue weighted by molar-refractivity contribution is 9.13. The molecule has 1 nitrogen and oxygen atoms in total. The van der Waals surface area contributed by atoms with Crippen molar-refractivity contribution in [3.63, 3.8) is 0 Å². The van der Waals surface area contributed by atoms with Crippen molar-refractivity contribution >= 4 is 43.2 Å². The third-order valence-corrected chi connectivity index (χ3v) is 6.27. The molecule has 0 saturated carbocycles. The maximum atomic E-state index is 3.66. The van der Waals surface area contributed by atoms with Gasteiger partial charge in [0.15, 0.2) is 0 Å². The highest BCUT2D eigenvalue weighted by atomic mass is 79.9. The van der Waals surface area contributed by atoms with E-state index in [1.807, 2.05) is 0 Å². The molecule has 102 valence electrons. The summed E-state index contributed by atoms with van der Waals surface area (Å²) in [6.45, 7) is 5.41. The SMILES string of the molecule is CC(C)C(NCc1cc(Br)c(Br)s1)c1ccccc1. The standard InChI is InChI=1S/C15H17Br2NS/c1-10(2)14(11-6-4-3-5-7-11)18-9-12-8-13(16)15(17)19-12/h3-8,10,14,18H,9H2,1-2H3. The van der Waals surface area contributed by atoms with Crippen molar-refractivity contribution in [3.8, 4) is 0 Å². The largest absolute Gasteiger partial charge is 0.305 e. The maximum absolute atomic E-state index is 3.66. The normalized spacial score (nSPS) is 12.9. The van der Waals surface area contributed by atoms with Crippen LogP contribution in [0.3, 0.4) is 0 Å². The first-order valence-electron chi connectivity index (χ1n) is 6.30. The first-order valence-corrected chi connectivity index (χ1v) is 8.70. The minimum absolute atomic E-state index is 0.390. The third-order valence-electron chi connectivity index (χ3n) is 3.02. The van der Waals surface area contributed by atoms with Gasteiger partial charge >= 0.3 is 0 Å². The quantitative estimate of drug-likeness (QED) is 0.670. The van der Waals surface area contributed by atoms with Crippen LogP contribution in [0, 0.1) is 5.92 Å². The summed E-state index contributed by atoms with van der Waals surface area (Å²) in [5.74, 6) is 0.564. The van der Waals surface area contributed by atoms with Crippen molar-refractivity contribution in [2.75, 3.05) is 0 Å². The molecule has 1 aromatic carbocycles. The molecule has 0 aliphatic carbocycles. The molecule has 19 heavy (non-hydrogen) atoms. The molecule has 0 aliphatic heterocycles. The van der Waals surface area contributed by atoms with Crippen molar-refractivity contribution in [3.05, 3.63) is 55.1 Å². The van der Waals surface area contributed by atoms with E-state index in [1.165, 1.54) is 10.4 Å². The predicted octanol–water partition coefficient (Wildman–Crippen LogP) is 5.76. The Kier molecular flexibility index (Phi) is 5.63. The fourth-order valence-corrected chi connectivity index (χ4v) is 4.22. The fraction of sp³-hybridized carbons (Fsp3) is 0.333. The molecule has 0 amide bonds. The van der Waals surface area contributed by atoms with Crippen molar-refractivity contribution < 1.29 is 0 Å². The summed E-state index contributed by atoms with van der Waals surface area (Å²) in [5.41, 5.74) is 1.35. The van der Waals surface area contributed by atoms with Gasteiger partial charge in [-0.15, -0.1) is 11.3 Å². The molecule has 1 unspecified atom stereocenters. The highest BCUT2D eigenvalue weighted by Gasteiger charge is 2.15. The van der Waals surface area contributed by atoms with Gasteiger partial charge in [-0.1, -0.05) is 44.2 Å². The first kappa shape index (κ1) is 15.2. The van der Waals surface area contributed by atoms with E-state index in [-0.39, 0.29) is 0 Å². The van der Waals surface area contributed by atoms with E-state index in [1.54, 1.807) is 11.3 Å². The van der Waals surface area contributed by atoms with Gasteiger partial charge in [0.2, 0.25) is 0 Å². The van der Waals surface area contributed by atoms with Crippen molar-refractivity contribution in [2.24, 2.45) is 5.92 Å².